The lowest BCUT2D eigenvalue weighted by Gasteiger charge is -2.35. The summed E-state index contributed by atoms with van der Waals surface area (Å²) in [5.74, 6) is 1.72. The Morgan fingerprint density at radius 2 is 2.21 bits per heavy atom. The van der Waals surface area contributed by atoms with Gasteiger partial charge >= 0.3 is 0 Å². The average molecular weight is 324 g/mol. The number of likely N-dealkylation sites (tertiary alicyclic amines) is 1. The Labute approximate surface area is 140 Å². The molecule has 1 saturated heterocycles. The van der Waals surface area contributed by atoms with Gasteiger partial charge in [0.05, 0.1) is 12.8 Å². The Bertz CT molecular complexity index is 798. The maximum atomic E-state index is 10.5. The monoisotopic (exact) mass is 324 g/mol. The van der Waals surface area contributed by atoms with E-state index >= 15 is 0 Å². The maximum absolute atomic E-state index is 10.5. The second-order valence-corrected chi connectivity index (χ2v) is 6.18. The second kappa shape index (κ2) is 6.63. The first-order chi connectivity index (χ1) is 11.8. The molecule has 1 aliphatic heterocycles. The van der Waals surface area contributed by atoms with Crippen LogP contribution in [0.1, 0.15) is 12.2 Å². The van der Waals surface area contributed by atoms with E-state index in [1.807, 2.05) is 42.6 Å². The van der Waals surface area contributed by atoms with Crippen LogP contribution >= 0.6 is 0 Å². The predicted molar refractivity (Wildman–Crippen MR) is 90.8 cm³/mol. The number of rotatable bonds is 4. The molecule has 5 heteroatoms. The van der Waals surface area contributed by atoms with Crippen molar-refractivity contribution in [3.63, 3.8) is 0 Å². The van der Waals surface area contributed by atoms with Gasteiger partial charge in [0, 0.05) is 36.3 Å². The summed E-state index contributed by atoms with van der Waals surface area (Å²) in [6.45, 7) is 2.17. The number of aliphatic hydroxyl groups excluding tert-OH is 1. The molecule has 0 saturated carbocycles. The summed E-state index contributed by atoms with van der Waals surface area (Å²) in [5.41, 5.74) is 0. The molecule has 0 bridgehead atoms. The fourth-order valence-electron chi connectivity index (χ4n) is 3.24. The van der Waals surface area contributed by atoms with Crippen molar-refractivity contribution in [2.24, 2.45) is 0 Å². The van der Waals surface area contributed by atoms with Gasteiger partial charge in [-0.3, -0.25) is 9.88 Å². The number of fused-ring (bicyclic) bond motifs is 1. The minimum absolute atomic E-state index is 0.198. The standard InChI is InChI=1S/C19H20N2O3/c22-17-13-21(12-15-4-2-10-23-15)9-7-19(17)24-18-5-1-3-14-11-20-8-6-16(14)18/h1-6,8,10-11,17,19,22H,7,9,12-13H2/t17-,19-/m1/s1. The predicted octanol–water partition coefficient (Wildman–Crippen LogP) is 2.84. The maximum Gasteiger partial charge on any atom is 0.127 e. The number of furan rings is 1. The van der Waals surface area contributed by atoms with Crippen LogP contribution in [0.3, 0.4) is 0 Å². The summed E-state index contributed by atoms with van der Waals surface area (Å²) in [5, 5.41) is 12.6. The van der Waals surface area contributed by atoms with Gasteiger partial charge in [0.2, 0.25) is 0 Å². The molecule has 3 aromatic rings. The van der Waals surface area contributed by atoms with Crippen molar-refractivity contribution in [2.75, 3.05) is 13.1 Å². The van der Waals surface area contributed by atoms with E-state index in [0.29, 0.717) is 6.54 Å². The van der Waals surface area contributed by atoms with Crippen molar-refractivity contribution < 1.29 is 14.3 Å². The van der Waals surface area contributed by atoms with Crippen LogP contribution in [0.4, 0.5) is 0 Å². The molecule has 3 heterocycles. The summed E-state index contributed by atoms with van der Waals surface area (Å²) in [6.07, 6.45) is 5.32. The number of benzene rings is 1. The molecule has 0 aliphatic carbocycles. The Kier molecular flexibility index (Phi) is 4.19. The first kappa shape index (κ1) is 15.2. The fourth-order valence-corrected chi connectivity index (χ4v) is 3.24. The summed E-state index contributed by atoms with van der Waals surface area (Å²) in [7, 11) is 0. The number of pyridine rings is 1. The van der Waals surface area contributed by atoms with Crippen molar-refractivity contribution in [1.29, 1.82) is 0 Å². The van der Waals surface area contributed by atoms with Crippen LogP contribution in [-0.2, 0) is 6.54 Å². The molecule has 0 unspecified atom stereocenters. The van der Waals surface area contributed by atoms with Crippen LogP contribution in [-0.4, -0.2) is 40.3 Å². The van der Waals surface area contributed by atoms with E-state index in [-0.39, 0.29) is 6.10 Å². The number of aliphatic hydroxyl groups is 1. The first-order valence-corrected chi connectivity index (χ1v) is 8.22. The molecular formula is C19H20N2O3. The van der Waals surface area contributed by atoms with Crippen molar-refractivity contribution >= 4 is 10.8 Å². The van der Waals surface area contributed by atoms with E-state index in [4.69, 9.17) is 9.15 Å². The van der Waals surface area contributed by atoms with Gasteiger partial charge < -0.3 is 14.3 Å². The molecular weight excluding hydrogens is 304 g/mol. The molecule has 1 fully saturated rings. The van der Waals surface area contributed by atoms with Gasteiger partial charge in [-0.05, 0) is 30.7 Å². The molecule has 0 radical (unpaired) electrons. The lowest BCUT2D eigenvalue weighted by molar-refractivity contribution is -0.0283. The highest BCUT2D eigenvalue weighted by molar-refractivity contribution is 5.87. The number of nitrogens with zero attached hydrogens (tertiary/aromatic N) is 2. The molecule has 1 aromatic carbocycles. The SMILES string of the molecule is O[C@@H]1CN(Cc2ccco2)CC[C@H]1Oc1cccc2cnccc12. The van der Waals surface area contributed by atoms with Gasteiger partial charge in [-0.25, -0.2) is 0 Å². The van der Waals surface area contributed by atoms with Gasteiger partial charge in [0.1, 0.15) is 23.7 Å². The van der Waals surface area contributed by atoms with Crippen molar-refractivity contribution in [2.45, 2.75) is 25.2 Å². The lowest BCUT2D eigenvalue weighted by atomic mass is 10.0. The third-order valence-electron chi connectivity index (χ3n) is 4.48. The number of aromatic nitrogens is 1. The van der Waals surface area contributed by atoms with E-state index in [9.17, 15) is 5.11 Å². The normalized spacial score (nSPS) is 21.9. The summed E-state index contributed by atoms with van der Waals surface area (Å²) >= 11 is 0. The minimum atomic E-state index is -0.522. The molecule has 5 nitrogen and oxygen atoms in total. The highest BCUT2D eigenvalue weighted by Gasteiger charge is 2.29. The van der Waals surface area contributed by atoms with Gasteiger partial charge in [0.15, 0.2) is 0 Å². The van der Waals surface area contributed by atoms with Crippen molar-refractivity contribution in [3.8, 4) is 5.75 Å². The molecule has 4 rings (SSSR count). The highest BCUT2D eigenvalue weighted by atomic mass is 16.5. The average Bonchev–Trinajstić information content (AvgIpc) is 3.10. The number of ether oxygens (including phenoxy) is 1. The molecule has 0 amide bonds. The van der Waals surface area contributed by atoms with E-state index < -0.39 is 6.10 Å². The fraction of sp³-hybridized carbons (Fsp3) is 0.316. The van der Waals surface area contributed by atoms with Crippen LogP contribution in [0.5, 0.6) is 5.75 Å². The number of hydrogen-bond donors (Lipinski definition) is 1. The zero-order chi connectivity index (χ0) is 16.4. The van der Waals surface area contributed by atoms with Crippen LogP contribution in [0.25, 0.3) is 10.8 Å². The van der Waals surface area contributed by atoms with E-state index in [2.05, 4.69) is 9.88 Å². The Hall–Kier alpha value is -2.37. The van der Waals surface area contributed by atoms with Crippen LogP contribution in [0.15, 0.2) is 59.5 Å². The Morgan fingerprint density at radius 1 is 1.25 bits per heavy atom. The Balaban J connectivity index is 1.44. The summed E-state index contributed by atoms with van der Waals surface area (Å²) in [6, 6.07) is 11.7. The largest absolute Gasteiger partial charge is 0.487 e. The van der Waals surface area contributed by atoms with Crippen molar-refractivity contribution in [3.05, 3.63) is 60.8 Å². The highest BCUT2D eigenvalue weighted by Crippen LogP contribution is 2.28. The summed E-state index contributed by atoms with van der Waals surface area (Å²) < 4.78 is 11.5. The molecule has 1 aliphatic rings. The smallest absolute Gasteiger partial charge is 0.127 e. The zero-order valence-corrected chi connectivity index (χ0v) is 13.3. The molecule has 1 N–H and O–H groups in total. The van der Waals surface area contributed by atoms with Crippen LogP contribution < -0.4 is 4.74 Å². The first-order valence-electron chi connectivity index (χ1n) is 8.22. The number of piperidine rings is 1. The van der Waals surface area contributed by atoms with Gasteiger partial charge in [-0.2, -0.15) is 0 Å². The molecule has 0 spiro atoms. The van der Waals surface area contributed by atoms with E-state index in [1.165, 1.54) is 0 Å². The van der Waals surface area contributed by atoms with E-state index in [1.54, 1.807) is 12.5 Å². The minimum Gasteiger partial charge on any atom is -0.487 e. The lowest BCUT2D eigenvalue weighted by Crippen LogP contribution is -2.48. The van der Waals surface area contributed by atoms with Gasteiger partial charge in [0.25, 0.3) is 0 Å². The Morgan fingerprint density at radius 3 is 3.04 bits per heavy atom. The molecule has 24 heavy (non-hydrogen) atoms. The molecule has 124 valence electrons. The van der Waals surface area contributed by atoms with Crippen molar-refractivity contribution in [1.82, 2.24) is 9.88 Å². The van der Waals surface area contributed by atoms with E-state index in [0.717, 1.165) is 41.8 Å². The zero-order valence-electron chi connectivity index (χ0n) is 13.3. The van der Waals surface area contributed by atoms with Crippen LogP contribution in [0.2, 0.25) is 0 Å². The second-order valence-electron chi connectivity index (χ2n) is 6.18. The number of β-amino-alcohol motifs (C(OH)–C–C–N with tert-alkyl or cyclic N) is 1. The number of hydrogen-bond acceptors (Lipinski definition) is 5. The quantitative estimate of drug-likeness (QED) is 0.800. The molecule has 2 aromatic heterocycles. The third kappa shape index (κ3) is 3.13. The molecule has 2 atom stereocenters. The summed E-state index contributed by atoms with van der Waals surface area (Å²) in [4.78, 5) is 6.33. The third-order valence-corrected chi connectivity index (χ3v) is 4.48. The van der Waals surface area contributed by atoms with Gasteiger partial charge in [-0.15, -0.1) is 0 Å². The van der Waals surface area contributed by atoms with Crippen LogP contribution in [0, 0.1) is 0 Å². The van der Waals surface area contributed by atoms with Gasteiger partial charge in [-0.1, -0.05) is 12.1 Å². The topological polar surface area (TPSA) is 58.7 Å².